The molecule has 2 amide bonds. The van der Waals surface area contributed by atoms with E-state index in [0.717, 1.165) is 18.8 Å². The summed E-state index contributed by atoms with van der Waals surface area (Å²) in [7, 11) is 1.65. The van der Waals surface area contributed by atoms with E-state index in [1.165, 1.54) is 37.0 Å². The Labute approximate surface area is 128 Å². The van der Waals surface area contributed by atoms with Crippen LogP contribution in [-0.2, 0) is 4.79 Å². The van der Waals surface area contributed by atoms with Crippen molar-refractivity contribution in [2.75, 3.05) is 13.6 Å². The molecule has 0 bridgehead atoms. The summed E-state index contributed by atoms with van der Waals surface area (Å²) >= 11 is 0. The third-order valence-corrected chi connectivity index (χ3v) is 4.46. The summed E-state index contributed by atoms with van der Waals surface area (Å²) in [5.74, 6) is -0.584. The zero-order valence-electron chi connectivity index (χ0n) is 13.6. The molecule has 0 aliphatic heterocycles. The van der Waals surface area contributed by atoms with E-state index in [0.29, 0.717) is 0 Å². The molecule has 1 aliphatic carbocycles. The fourth-order valence-corrected chi connectivity index (χ4v) is 2.94. The molecule has 0 radical (unpaired) electrons. The van der Waals surface area contributed by atoms with Crippen molar-refractivity contribution in [1.82, 2.24) is 10.2 Å². The van der Waals surface area contributed by atoms with E-state index in [2.05, 4.69) is 12.2 Å². The summed E-state index contributed by atoms with van der Waals surface area (Å²) in [5, 5.41) is 11.9. The van der Waals surface area contributed by atoms with Crippen LogP contribution in [0.1, 0.15) is 58.8 Å². The van der Waals surface area contributed by atoms with E-state index in [4.69, 9.17) is 5.11 Å². The van der Waals surface area contributed by atoms with Crippen LogP contribution in [0.2, 0.25) is 0 Å². The van der Waals surface area contributed by atoms with Gasteiger partial charge >= 0.3 is 12.0 Å². The maximum absolute atomic E-state index is 12.0. The molecule has 1 unspecified atom stereocenters. The number of carboxylic acid groups (broad SMARTS) is 1. The molecule has 0 saturated heterocycles. The van der Waals surface area contributed by atoms with Crippen LogP contribution >= 0.6 is 0 Å². The molecule has 1 fully saturated rings. The van der Waals surface area contributed by atoms with E-state index < -0.39 is 11.9 Å². The highest BCUT2D eigenvalue weighted by Gasteiger charge is 2.24. The summed E-state index contributed by atoms with van der Waals surface area (Å²) in [6.07, 6.45) is 8.35. The summed E-state index contributed by atoms with van der Waals surface area (Å²) in [6.45, 7) is 4.08. The lowest BCUT2D eigenvalue weighted by molar-refractivity contribution is -0.141. The molecule has 1 rings (SSSR count). The molecule has 1 atom stereocenters. The quantitative estimate of drug-likeness (QED) is 0.759. The Kier molecular flexibility index (Phi) is 7.54. The second-order valence-corrected chi connectivity index (χ2v) is 6.43. The standard InChI is InChI=1S/C16H30N2O3/c1-4-5-6-13-7-9-14(10-8-13)17-16(21)18(3)11-12(2)15(19)20/h12-14H,4-11H2,1-3H3,(H,17,21)(H,19,20). The minimum atomic E-state index is -0.869. The zero-order valence-corrected chi connectivity index (χ0v) is 13.6. The highest BCUT2D eigenvalue weighted by atomic mass is 16.4. The van der Waals surface area contributed by atoms with E-state index in [9.17, 15) is 9.59 Å². The number of unbranched alkanes of at least 4 members (excludes halogenated alkanes) is 1. The van der Waals surface area contributed by atoms with Gasteiger partial charge in [0.2, 0.25) is 0 Å². The second-order valence-electron chi connectivity index (χ2n) is 6.43. The molecular formula is C16H30N2O3. The van der Waals surface area contributed by atoms with Gasteiger partial charge < -0.3 is 15.3 Å². The van der Waals surface area contributed by atoms with Crippen molar-refractivity contribution < 1.29 is 14.7 Å². The van der Waals surface area contributed by atoms with Gasteiger partial charge in [0.25, 0.3) is 0 Å². The van der Waals surface area contributed by atoms with Gasteiger partial charge in [-0.3, -0.25) is 4.79 Å². The summed E-state index contributed by atoms with van der Waals surface area (Å²) in [5.41, 5.74) is 0. The van der Waals surface area contributed by atoms with Gasteiger partial charge in [-0.25, -0.2) is 4.79 Å². The van der Waals surface area contributed by atoms with Crippen LogP contribution in [0.5, 0.6) is 0 Å². The van der Waals surface area contributed by atoms with E-state index in [1.54, 1.807) is 14.0 Å². The summed E-state index contributed by atoms with van der Waals surface area (Å²) < 4.78 is 0. The van der Waals surface area contributed by atoms with E-state index in [1.807, 2.05) is 0 Å². The first-order valence-corrected chi connectivity index (χ1v) is 8.18. The van der Waals surface area contributed by atoms with Crippen LogP contribution in [0.15, 0.2) is 0 Å². The number of hydrogen-bond donors (Lipinski definition) is 2. The lowest BCUT2D eigenvalue weighted by Gasteiger charge is -2.30. The average Bonchev–Trinajstić information content (AvgIpc) is 2.46. The Hall–Kier alpha value is -1.26. The van der Waals surface area contributed by atoms with Crippen molar-refractivity contribution in [3.63, 3.8) is 0 Å². The van der Waals surface area contributed by atoms with Gasteiger partial charge in [-0.1, -0.05) is 33.1 Å². The second kappa shape index (κ2) is 8.90. The van der Waals surface area contributed by atoms with Crippen molar-refractivity contribution >= 4 is 12.0 Å². The maximum atomic E-state index is 12.0. The number of carbonyl (C=O) groups is 2. The molecule has 5 nitrogen and oxygen atoms in total. The lowest BCUT2D eigenvalue weighted by atomic mass is 9.83. The normalized spacial score (nSPS) is 23.4. The van der Waals surface area contributed by atoms with Crippen LogP contribution in [0.4, 0.5) is 4.79 Å². The fraction of sp³-hybridized carbons (Fsp3) is 0.875. The SMILES string of the molecule is CCCCC1CCC(NC(=O)N(C)CC(C)C(=O)O)CC1. The third-order valence-electron chi connectivity index (χ3n) is 4.46. The average molecular weight is 298 g/mol. The minimum absolute atomic E-state index is 0.153. The molecular weight excluding hydrogens is 268 g/mol. The van der Waals surface area contributed by atoms with Gasteiger partial charge in [-0.2, -0.15) is 0 Å². The topological polar surface area (TPSA) is 69.6 Å². The molecule has 0 heterocycles. The van der Waals surface area contributed by atoms with Gasteiger partial charge in [0, 0.05) is 19.6 Å². The molecule has 21 heavy (non-hydrogen) atoms. The van der Waals surface area contributed by atoms with Crippen LogP contribution < -0.4 is 5.32 Å². The number of urea groups is 1. The van der Waals surface area contributed by atoms with Gasteiger partial charge in [0.05, 0.1) is 5.92 Å². The predicted octanol–water partition coefficient (Wildman–Crippen LogP) is 3.10. The van der Waals surface area contributed by atoms with Crippen molar-refractivity contribution in [2.45, 2.75) is 64.8 Å². The van der Waals surface area contributed by atoms with Crippen molar-refractivity contribution in [1.29, 1.82) is 0 Å². The lowest BCUT2D eigenvalue weighted by Crippen LogP contribution is -2.46. The molecule has 2 N–H and O–H groups in total. The number of aliphatic carboxylic acids is 1. The van der Waals surface area contributed by atoms with E-state index in [-0.39, 0.29) is 18.6 Å². The predicted molar refractivity (Wildman–Crippen MR) is 83.2 cm³/mol. The number of carboxylic acids is 1. The number of nitrogens with one attached hydrogen (secondary N) is 1. The maximum Gasteiger partial charge on any atom is 0.317 e. The van der Waals surface area contributed by atoms with Crippen molar-refractivity contribution in [3.8, 4) is 0 Å². The zero-order chi connectivity index (χ0) is 15.8. The number of rotatable bonds is 7. The van der Waals surface area contributed by atoms with Gasteiger partial charge in [0.15, 0.2) is 0 Å². The fourth-order valence-electron chi connectivity index (χ4n) is 2.94. The number of nitrogens with zero attached hydrogens (tertiary/aromatic N) is 1. The molecule has 0 aromatic heterocycles. The first kappa shape index (κ1) is 17.8. The van der Waals surface area contributed by atoms with Gasteiger partial charge in [-0.15, -0.1) is 0 Å². The molecule has 0 spiro atoms. The number of amides is 2. The van der Waals surface area contributed by atoms with Crippen LogP contribution in [-0.4, -0.2) is 41.6 Å². The van der Waals surface area contributed by atoms with Crippen LogP contribution in [0.3, 0.4) is 0 Å². The Bertz CT molecular complexity index is 338. The summed E-state index contributed by atoms with van der Waals surface area (Å²) in [4.78, 5) is 24.3. The Morgan fingerprint density at radius 2 is 1.90 bits per heavy atom. The first-order chi connectivity index (χ1) is 9.93. The van der Waals surface area contributed by atoms with Crippen molar-refractivity contribution in [2.24, 2.45) is 11.8 Å². The smallest absolute Gasteiger partial charge is 0.317 e. The summed E-state index contributed by atoms with van der Waals surface area (Å²) in [6, 6.07) is 0.0954. The Balaban J connectivity index is 2.28. The number of hydrogen-bond acceptors (Lipinski definition) is 2. The van der Waals surface area contributed by atoms with Gasteiger partial charge in [-0.05, 0) is 31.6 Å². The highest BCUT2D eigenvalue weighted by Crippen LogP contribution is 2.28. The molecule has 1 aliphatic rings. The monoisotopic (exact) mass is 298 g/mol. The van der Waals surface area contributed by atoms with Crippen LogP contribution in [0, 0.1) is 11.8 Å². The highest BCUT2D eigenvalue weighted by molar-refractivity contribution is 5.76. The molecule has 0 aromatic rings. The minimum Gasteiger partial charge on any atom is -0.481 e. The first-order valence-electron chi connectivity index (χ1n) is 8.18. The molecule has 122 valence electrons. The Morgan fingerprint density at radius 1 is 1.29 bits per heavy atom. The van der Waals surface area contributed by atoms with Gasteiger partial charge in [0.1, 0.15) is 0 Å². The third kappa shape index (κ3) is 6.36. The Morgan fingerprint density at radius 3 is 2.43 bits per heavy atom. The molecule has 0 aromatic carbocycles. The number of carbonyl (C=O) groups excluding carboxylic acids is 1. The molecule has 5 heteroatoms. The van der Waals surface area contributed by atoms with Crippen LogP contribution in [0.25, 0.3) is 0 Å². The molecule has 1 saturated carbocycles. The largest absolute Gasteiger partial charge is 0.481 e. The van der Waals surface area contributed by atoms with E-state index >= 15 is 0 Å². The van der Waals surface area contributed by atoms with Crippen molar-refractivity contribution in [3.05, 3.63) is 0 Å².